The minimum atomic E-state index is 0.0702. The highest BCUT2D eigenvalue weighted by Crippen LogP contribution is 2.39. The molecule has 1 aromatic rings. The van der Waals surface area contributed by atoms with Gasteiger partial charge in [-0.25, -0.2) is 4.98 Å². The van der Waals surface area contributed by atoms with Gasteiger partial charge in [-0.05, 0) is 39.5 Å². The van der Waals surface area contributed by atoms with Crippen molar-refractivity contribution in [3.63, 3.8) is 0 Å². The third-order valence-electron chi connectivity index (χ3n) is 3.84. The van der Waals surface area contributed by atoms with Gasteiger partial charge in [0.2, 0.25) is 0 Å². The molecule has 1 aromatic heterocycles. The van der Waals surface area contributed by atoms with E-state index in [2.05, 4.69) is 18.8 Å². The van der Waals surface area contributed by atoms with Gasteiger partial charge in [0.05, 0.1) is 16.3 Å². The maximum absolute atomic E-state index is 6.22. The Balaban J connectivity index is 1.90. The Hall–Kier alpha value is -0.450. The van der Waals surface area contributed by atoms with E-state index in [-0.39, 0.29) is 11.6 Å². The average molecular weight is 254 g/mol. The molecule has 1 unspecified atom stereocenters. The summed E-state index contributed by atoms with van der Waals surface area (Å²) in [6.07, 6.45) is 5.43. The molecule has 96 valence electrons. The lowest BCUT2D eigenvalue weighted by Crippen LogP contribution is -2.44. The van der Waals surface area contributed by atoms with Gasteiger partial charge in [-0.2, -0.15) is 0 Å². The standard InChI is InChI=1S/C13H22N2OS/c1-9-10(2)17-12(15-9)7-11(14)8-13(16-3)5-4-6-13/h11H,4-8,14H2,1-3H3. The molecule has 1 fully saturated rings. The Morgan fingerprint density at radius 3 is 2.59 bits per heavy atom. The number of aryl methyl sites for hydroxylation is 2. The van der Waals surface area contributed by atoms with Crippen molar-refractivity contribution in [2.24, 2.45) is 5.73 Å². The molecular formula is C13H22N2OS. The molecule has 0 radical (unpaired) electrons. The topological polar surface area (TPSA) is 48.1 Å². The van der Waals surface area contributed by atoms with Crippen molar-refractivity contribution >= 4 is 11.3 Å². The van der Waals surface area contributed by atoms with Crippen LogP contribution < -0.4 is 5.73 Å². The van der Waals surface area contributed by atoms with E-state index in [1.165, 1.54) is 11.3 Å². The van der Waals surface area contributed by atoms with E-state index in [1.54, 1.807) is 11.3 Å². The largest absolute Gasteiger partial charge is 0.378 e. The van der Waals surface area contributed by atoms with Gasteiger partial charge >= 0.3 is 0 Å². The molecule has 0 saturated heterocycles. The molecule has 2 rings (SSSR count). The quantitative estimate of drug-likeness (QED) is 0.878. The number of hydrogen-bond acceptors (Lipinski definition) is 4. The first kappa shape index (κ1) is 13.0. The van der Waals surface area contributed by atoms with Crippen molar-refractivity contribution in [1.82, 2.24) is 4.98 Å². The third kappa shape index (κ3) is 2.87. The van der Waals surface area contributed by atoms with Crippen LogP contribution in [-0.4, -0.2) is 23.7 Å². The van der Waals surface area contributed by atoms with E-state index in [9.17, 15) is 0 Å². The zero-order valence-corrected chi connectivity index (χ0v) is 11.8. The predicted octanol–water partition coefficient (Wildman–Crippen LogP) is 2.59. The van der Waals surface area contributed by atoms with Gasteiger partial charge in [-0.15, -0.1) is 11.3 Å². The molecule has 0 aliphatic heterocycles. The molecule has 1 saturated carbocycles. The summed E-state index contributed by atoms with van der Waals surface area (Å²) in [6.45, 7) is 4.17. The molecule has 2 N–H and O–H groups in total. The molecule has 0 bridgehead atoms. The van der Waals surface area contributed by atoms with Gasteiger partial charge < -0.3 is 10.5 Å². The molecule has 4 heteroatoms. The monoisotopic (exact) mass is 254 g/mol. The van der Waals surface area contributed by atoms with Crippen LogP contribution in [0.2, 0.25) is 0 Å². The zero-order valence-electron chi connectivity index (χ0n) is 11.0. The first-order valence-corrected chi connectivity index (χ1v) is 7.10. The first-order valence-electron chi connectivity index (χ1n) is 6.28. The molecule has 0 aromatic carbocycles. The summed E-state index contributed by atoms with van der Waals surface area (Å²) in [5.41, 5.74) is 7.43. The van der Waals surface area contributed by atoms with Gasteiger partial charge in [0.25, 0.3) is 0 Å². The second-order valence-corrected chi connectivity index (χ2v) is 6.45. The van der Waals surface area contributed by atoms with Crippen LogP contribution in [0.4, 0.5) is 0 Å². The average Bonchev–Trinajstić information content (AvgIpc) is 2.52. The van der Waals surface area contributed by atoms with E-state index in [0.29, 0.717) is 0 Å². The van der Waals surface area contributed by atoms with Crippen molar-refractivity contribution in [2.45, 2.75) is 57.6 Å². The molecule has 1 heterocycles. The Kier molecular flexibility index (Phi) is 3.85. The second-order valence-electron chi connectivity index (χ2n) is 5.16. The van der Waals surface area contributed by atoms with Crippen LogP contribution in [0.1, 0.15) is 41.3 Å². The highest BCUT2D eigenvalue weighted by atomic mass is 32.1. The van der Waals surface area contributed by atoms with Crippen LogP contribution in [0, 0.1) is 13.8 Å². The minimum Gasteiger partial charge on any atom is -0.378 e. The first-order chi connectivity index (χ1) is 8.04. The van der Waals surface area contributed by atoms with Crippen molar-refractivity contribution in [2.75, 3.05) is 7.11 Å². The Labute approximate surface area is 107 Å². The number of thiazole rings is 1. The van der Waals surface area contributed by atoms with E-state index in [1.807, 2.05) is 7.11 Å². The van der Waals surface area contributed by atoms with Crippen LogP contribution in [0.25, 0.3) is 0 Å². The van der Waals surface area contributed by atoms with Crippen molar-refractivity contribution in [1.29, 1.82) is 0 Å². The van der Waals surface area contributed by atoms with Gasteiger partial charge in [-0.3, -0.25) is 0 Å². The number of ether oxygens (including phenoxy) is 1. The van der Waals surface area contributed by atoms with Crippen LogP contribution in [0.15, 0.2) is 0 Å². The predicted molar refractivity (Wildman–Crippen MR) is 71.5 cm³/mol. The lowest BCUT2D eigenvalue weighted by atomic mass is 9.75. The van der Waals surface area contributed by atoms with E-state index >= 15 is 0 Å². The molecule has 1 aliphatic carbocycles. The molecule has 17 heavy (non-hydrogen) atoms. The highest BCUT2D eigenvalue weighted by molar-refractivity contribution is 7.11. The third-order valence-corrected chi connectivity index (χ3v) is 4.94. The van der Waals surface area contributed by atoms with Gasteiger partial charge in [0.1, 0.15) is 0 Å². The van der Waals surface area contributed by atoms with Crippen molar-refractivity contribution in [3.8, 4) is 0 Å². The Bertz CT molecular complexity index is 360. The van der Waals surface area contributed by atoms with E-state index < -0.39 is 0 Å². The molecule has 0 spiro atoms. The summed E-state index contributed by atoms with van der Waals surface area (Å²) in [5.74, 6) is 0. The molecule has 3 nitrogen and oxygen atoms in total. The number of hydrogen-bond donors (Lipinski definition) is 1. The van der Waals surface area contributed by atoms with Crippen molar-refractivity contribution in [3.05, 3.63) is 15.6 Å². The van der Waals surface area contributed by atoms with Crippen LogP contribution in [0.3, 0.4) is 0 Å². The smallest absolute Gasteiger partial charge is 0.0946 e. The van der Waals surface area contributed by atoms with Crippen LogP contribution >= 0.6 is 11.3 Å². The number of nitrogens with two attached hydrogens (primary N) is 1. The maximum atomic E-state index is 6.22. The number of rotatable bonds is 5. The number of aromatic nitrogens is 1. The van der Waals surface area contributed by atoms with E-state index in [0.717, 1.165) is 36.4 Å². The fourth-order valence-electron chi connectivity index (χ4n) is 2.46. The molecule has 1 atom stereocenters. The lowest BCUT2D eigenvalue weighted by molar-refractivity contribution is -0.0813. The summed E-state index contributed by atoms with van der Waals surface area (Å²) < 4.78 is 5.61. The number of methoxy groups -OCH3 is 1. The SMILES string of the molecule is COC1(CC(N)Cc2nc(C)c(C)s2)CCC1. The summed E-state index contributed by atoms with van der Waals surface area (Å²) in [5, 5.41) is 1.16. The lowest BCUT2D eigenvalue weighted by Gasteiger charge is -2.42. The summed E-state index contributed by atoms with van der Waals surface area (Å²) in [4.78, 5) is 5.85. The summed E-state index contributed by atoms with van der Waals surface area (Å²) in [7, 11) is 1.81. The highest BCUT2D eigenvalue weighted by Gasteiger charge is 2.38. The molecular weight excluding hydrogens is 232 g/mol. The van der Waals surface area contributed by atoms with Crippen LogP contribution in [-0.2, 0) is 11.2 Å². The summed E-state index contributed by atoms with van der Waals surface area (Å²) in [6, 6.07) is 0.167. The van der Waals surface area contributed by atoms with E-state index in [4.69, 9.17) is 10.5 Å². The van der Waals surface area contributed by atoms with Gasteiger partial charge in [-0.1, -0.05) is 0 Å². The second kappa shape index (κ2) is 5.04. The fourth-order valence-corrected chi connectivity index (χ4v) is 3.49. The Morgan fingerprint density at radius 2 is 2.18 bits per heavy atom. The number of nitrogens with zero attached hydrogens (tertiary/aromatic N) is 1. The maximum Gasteiger partial charge on any atom is 0.0946 e. The molecule has 1 aliphatic rings. The van der Waals surface area contributed by atoms with Gasteiger partial charge in [0, 0.05) is 24.4 Å². The molecule has 0 amide bonds. The Morgan fingerprint density at radius 1 is 1.47 bits per heavy atom. The fraction of sp³-hybridized carbons (Fsp3) is 0.769. The summed E-state index contributed by atoms with van der Waals surface area (Å²) >= 11 is 1.77. The van der Waals surface area contributed by atoms with Crippen molar-refractivity contribution < 1.29 is 4.74 Å². The normalized spacial score (nSPS) is 20.0. The van der Waals surface area contributed by atoms with Crippen LogP contribution in [0.5, 0.6) is 0 Å². The van der Waals surface area contributed by atoms with Gasteiger partial charge in [0.15, 0.2) is 0 Å². The zero-order chi connectivity index (χ0) is 12.5. The minimum absolute atomic E-state index is 0.0702.